The number of aromatic nitrogens is 2. The summed E-state index contributed by atoms with van der Waals surface area (Å²) in [6.45, 7) is 5.62. The van der Waals surface area contributed by atoms with Gasteiger partial charge in [-0.25, -0.2) is 0 Å². The quantitative estimate of drug-likeness (QED) is 0.779. The standard InChI is InChI=1S/C16H18ClN3O/c1-11(2)18-8-14-13-5-3-4-6-15(13)21-16(14)10-20-9-12(17)7-19-20/h3-7,9,11,18H,8,10H2,1-2H3. The molecule has 2 heterocycles. The van der Waals surface area contributed by atoms with Crippen LogP contribution >= 0.6 is 11.6 Å². The highest BCUT2D eigenvalue weighted by Crippen LogP contribution is 2.26. The van der Waals surface area contributed by atoms with Crippen molar-refractivity contribution >= 4 is 22.6 Å². The first kappa shape index (κ1) is 14.2. The Morgan fingerprint density at radius 3 is 2.86 bits per heavy atom. The van der Waals surface area contributed by atoms with Crippen molar-refractivity contribution in [1.82, 2.24) is 15.1 Å². The van der Waals surface area contributed by atoms with Gasteiger partial charge in [-0.05, 0) is 6.07 Å². The van der Waals surface area contributed by atoms with Gasteiger partial charge in [0.1, 0.15) is 11.3 Å². The molecule has 0 amide bonds. The smallest absolute Gasteiger partial charge is 0.134 e. The summed E-state index contributed by atoms with van der Waals surface area (Å²) in [7, 11) is 0. The molecule has 0 aliphatic carbocycles. The predicted octanol–water partition coefficient (Wildman–Crippen LogP) is 3.83. The predicted molar refractivity (Wildman–Crippen MR) is 84.5 cm³/mol. The summed E-state index contributed by atoms with van der Waals surface area (Å²) in [5.74, 6) is 0.920. The van der Waals surface area contributed by atoms with Crippen LogP contribution in [-0.2, 0) is 13.1 Å². The second-order valence-electron chi connectivity index (χ2n) is 5.39. The summed E-state index contributed by atoms with van der Waals surface area (Å²) in [5, 5.41) is 9.46. The number of halogens is 1. The van der Waals surface area contributed by atoms with Gasteiger partial charge in [-0.1, -0.05) is 43.6 Å². The average Bonchev–Trinajstić information content (AvgIpc) is 3.00. The Hall–Kier alpha value is -1.78. The average molecular weight is 304 g/mol. The molecular weight excluding hydrogens is 286 g/mol. The fourth-order valence-electron chi connectivity index (χ4n) is 2.35. The van der Waals surface area contributed by atoms with Gasteiger partial charge in [-0.2, -0.15) is 5.10 Å². The van der Waals surface area contributed by atoms with E-state index in [9.17, 15) is 0 Å². The minimum atomic E-state index is 0.422. The van der Waals surface area contributed by atoms with Crippen molar-refractivity contribution in [2.45, 2.75) is 33.0 Å². The van der Waals surface area contributed by atoms with E-state index in [-0.39, 0.29) is 0 Å². The molecule has 0 radical (unpaired) electrons. The molecule has 0 spiro atoms. The van der Waals surface area contributed by atoms with E-state index in [0.29, 0.717) is 17.6 Å². The summed E-state index contributed by atoms with van der Waals surface area (Å²) >= 11 is 5.92. The molecule has 0 aliphatic heterocycles. The summed E-state index contributed by atoms with van der Waals surface area (Å²) in [5.41, 5.74) is 2.09. The molecule has 0 saturated heterocycles. The third kappa shape index (κ3) is 3.12. The van der Waals surface area contributed by atoms with Gasteiger partial charge in [0.2, 0.25) is 0 Å². The van der Waals surface area contributed by atoms with Crippen molar-refractivity contribution in [3.05, 3.63) is 53.0 Å². The number of para-hydroxylation sites is 1. The third-order valence-electron chi connectivity index (χ3n) is 3.38. The van der Waals surface area contributed by atoms with Gasteiger partial charge in [0.05, 0.1) is 17.8 Å². The van der Waals surface area contributed by atoms with Crippen LogP contribution in [0.4, 0.5) is 0 Å². The largest absolute Gasteiger partial charge is 0.459 e. The van der Waals surface area contributed by atoms with Crippen molar-refractivity contribution < 1.29 is 4.42 Å². The zero-order chi connectivity index (χ0) is 14.8. The highest BCUT2D eigenvalue weighted by atomic mass is 35.5. The lowest BCUT2D eigenvalue weighted by Gasteiger charge is -2.08. The Labute approximate surface area is 128 Å². The SMILES string of the molecule is CC(C)NCc1c(Cn2cc(Cl)cn2)oc2ccccc12. The molecule has 0 atom stereocenters. The van der Waals surface area contributed by atoms with Crippen LogP contribution in [0.5, 0.6) is 0 Å². The van der Waals surface area contributed by atoms with Crippen molar-refractivity contribution in [2.24, 2.45) is 0 Å². The molecule has 0 unspecified atom stereocenters. The van der Waals surface area contributed by atoms with E-state index in [2.05, 4.69) is 30.3 Å². The lowest BCUT2D eigenvalue weighted by Crippen LogP contribution is -2.22. The number of furan rings is 1. The maximum Gasteiger partial charge on any atom is 0.134 e. The molecular formula is C16H18ClN3O. The third-order valence-corrected chi connectivity index (χ3v) is 3.57. The van der Waals surface area contributed by atoms with Gasteiger partial charge >= 0.3 is 0 Å². The normalized spacial score (nSPS) is 11.6. The lowest BCUT2D eigenvalue weighted by molar-refractivity contribution is 0.495. The van der Waals surface area contributed by atoms with Crippen molar-refractivity contribution in [1.29, 1.82) is 0 Å². The minimum absolute atomic E-state index is 0.422. The second-order valence-corrected chi connectivity index (χ2v) is 5.83. The van der Waals surface area contributed by atoms with E-state index < -0.39 is 0 Å². The molecule has 21 heavy (non-hydrogen) atoms. The fourth-order valence-corrected chi connectivity index (χ4v) is 2.51. The molecule has 3 aromatic rings. The first-order valence-corrected chi connectivity index (χ1v) is 7.42. The van der Waals surface area contributed by atoms with E-state index in [1.54, 1.807) is 17.1 Å². The zero-order valence-electron chi connectivity index (χ0n) is 12.1. The Morgan fingerprint density at radius 2 is 2.14 bits per heavy atom. The molecule has 110 valence electrons. The molecule has 2 aromatic heterocycles. The van der Waals surface area contributed by atoms with E-state index in [4.69, 9.17) is 16.0 Å². The highest BCUT2D eigenvalue weighted by molar-refractivity contribution is 6.30. The van der Waals surface area contributed by atoms with Crippen molar-refractivity contribution in [3.63, 3.8) is 0 Å². The van der Waals surface area contributed by atoms with Crippen LogP contribution in [-0.4, -0.2) is 15.8 Å². The molecule has 5 heteroatoms. The van der Waals surface area contributed by atoms with Crippen LogP contribution < -0.4 is 5.32 Å². The van der Waals surface area contributed by atoms with Crippen LogP contribution in [0.2, 0.25) is 5.02 Å². The van der Waals surface area contributed by atoms with Crippen molar-refractivity contribution in [3.8, 4) is 0 Å². The van der Waals surface area contributed by atoms with Crippen LogP contribution in [0.25, 0.3) is 11.0 Å². The van der Waals surface area contributed by atoms with Gasteiger partial charge in [-0.3, -0.25) is 4.68 Å². The summed E-state index contributed by atoms with van der Waals surface area (Å²) in [6, 6.07) is 8.53. The maximum atomic E-state index is 6.00. The van der Waals surface area contributed by atoms with E-state index in [1.165, 1.54) is 5.56 Å². The minimum Gasteiger partial charge on any atom is -0.459 e. The van der Waals surface area contributed by atoms with Gasteiger partial charge in [0.15, 0.2) is 0 Å². The number of nitrogens with zero attached hydrogens (tertiary/aromatic N) is 2. The highest BCUT2D eigenvalue weighted by Gasteiger charge is 2.14. The van der Waals surface area contributed by atoms with E-state index in [0.717, 1.165) is 23.3 Å². The lowest BCUT2D eigenvalue weighted by atomic mass is 10.1. The van der Waals surface area contributed by atoms with Gasteiger partial charge < -0.3 is 9.73 Å². The van der Waals surface area contributed by atoms with Crippen LogP contribution in [0.3, 0.4) is 0 Å². The Morgan fingerprint density at radius 1 is 1.33 bits per heavy atom. The molecule has 0 saturated carbocycles. The number of benzene rings is 1. The summed E-state index contributed by atoms with van der Waals surface area (Å²) in [4.78, 5) is 0. The fraction of sp³-hybridized carbons (Fsp3) is 0.312. The second kappa shape index (κ2) is 5.92. The Kier molecular flexibility index (Phi) is 3.99. The first-order chi connectivity index (χ1) is 10.1. The molecule has 1 aromatic carbocycles. The molecule has 0 fully saturated rings. The summed E-state index contributed by atoms with van der Waals surface area (Å²) < 4.78 is 7.79. The maximum absolute atomic E-state index is 6.00. The molecule has 3 rings (SSSR count). The Balaban J connectivity index is 1.97. The van der Waals surface area contributed by atoms with E-state index in [1.807, 2.05) is 18.2 Å². The number of rotatable bonds is 5. The van der Waals surface area contributed by atoms with Crippen molar-refractivity contribution in [2.75, 3.05) is 0 Å². The first-order valence-electron chi connectivity index (χ1n) is 7.04. The Bertz CT molecular complexity index is 745. The molecule has 4 nitrogen and oxygen atoms in total. The number of fused-ring (bicyclic) bond motifs is 1. The van der Waals surface area contributed by atoms with Gasteiger partial charge in [0.25, 0.3) is 0 Å². The monoisotopic (exact) mass is 303 g/mol. The van der Waals surface area contributed by atoms with Gasteiger partial charge in [0, 0.05) is 29.7 Å². The molecule has 0 bridgehead atoms. The van der Waals surface area contributed by atoms with E-state index >= 15 is 0 Å². The number of nitrogens with one attached hydrogen (secondary N) is 1. The van der Waals surface area contributed by atoms with Crippen LogP contribution in [0, 0.1) is 0 Å². The zero-order valence-corrected chi connectivity index (χ0v) is 12.9. The number of hydrogen-bond donors (Lipinski definition) is 1. The van der Waals surface area contributed by atoms with Gasteiger partial charge in [-0.15, -0.1) is 0 Å². The van der Waals surface area contributed by atoms with Crippen LogP contribution in [0.1, 0.15) is 25.2 Å². The molecule has 0 aliphatic rings. The number of hydrogen-bond acceptors (Lipinski definition) is 3. The van der Waals surface area contributed by atoms with Crippen LogP contribution in [0.15, 0.2) is 41.1 Å². The molecule has 1 N–H and O–H groups in total. The topological polar surface area (TPSA) is 43.0 Å². The summed E-state index contributed by atoms with van der Waals surface area (Å²) in [6.07, 6.45) is 3.44.